The predicted molar refractivity (Wildman–Crippen MR) is 105 cm³/mol. The molecule has 1 aliphatic heterocycles. The van der Waals surface area contributed by atoms with Gasteiger partial charge in [-0.25, -0.2) is 9.38 Å². The molecule has 1 unspecified atom stereocenters. The van der Waals surface area contributed by atoms with Crippen LogP contribution in [0.4, 0.5) is 4.39 Å². The third-order valence-electron chi connectivity index (χ3n) is 4.63. The number of carbonyl (C=O) groups excluding carboxylic acids is 1. The Morgan fingerprint density at radius 3 is 2.81 bits per heavy atom. The lowest BCUT2D eigenvalue weighted by Crippen LogP contribution is -2.43. The molecule has 1 aliphatic rings. The maximum absolute atomic E-state index is 13.2. The molecule has 1 aromatic rings. The lowest BCUT2D eigenvalue weighted by molar-refractivity contribution is -0.127. The highest BCUT2D eigenvalue weighted by molar-refractivity contribution is 5.84. The number of aryl methyl sites for hydroxylation is 1. The van der Waals surface area contributed by atoms with E-state index in [2.05, 4.69) is 15.6 Å². The minimum absolute atomic E-state index is 0.0561. The molecule has 0 bridgehead atoms. The zero-order valence-corrected chi connectivity index (χ0v) is 16.6. The molecule has 150 valence electrons. The molecule has 0 saturated carbocycles. The molecule has 2 N–H and O–H groups in total. The van der Waals surface area contributed by atoms with Gasteiger partial charge in [0.05, 0.1) is 6.10 Å². The zero-order valence-electron chi connectivity index (χ0n) is 16.6. The van der Waals surface area contributed by atoms with Crippen molar-refractivity contribution >= 4 is 11.9 Å². The van der Waals surface area contributed by atoms with Gasteiger partial charge in [0.1, 0.15) is 12.4 Å². The van der Waals surface area contributed by atoms with Gasteiger partial charge in [-0.15, -0.1) is 0 Å². The van der Waals surface area contributed by atoms with Crippen LogP contribution in [0.5, 0.6) is 0 Å². The number of rotatable bonds is 7. The summed E-state index contributed by atoms with van der Waals surface area (Å²) in [5, 5.41) is 6.54. The third kappa shape index (κ3) is 7.54. The molecule has 1 fully saturated rings. The quantitative estimate of drug-likeness (QED) is 0.562. The molecule has 2 rings (SSSR count). The van der Waals surface area contributed by atoms with Crippen molar-refractivity contribution in [3.05, 3.63) is 35.1 Å². The summed E-state index contributed by atoms with van der Waals surface area (Å²) in [6.45, 7) is 4.10. The second-order valence-electron chi connectivity index (χ2n) is 7.07. The zero-order chi connectivity index (χ0) is 19.6. The molecular formula is C20H31FN4O2. The van der Waals surface area contributed by atoms with Crippen molar-refractivity contribution in [2.75, 3.05) is 40.3 Å². The molecule has 1 atom stereocenters. The van der Waals surface area contributed by atoms with Crippen LogP contribution in [0.15, 0.2) is 23.2 Å². The Balaban J connectivity index is 1.89. The number of aliphatic imine (C=N–C) groups is 1. The number of nitrogens with zero attached hydrogens (tertiary/aromatic N) is 2. The molecule has 1 heterocycles. The van der Waals surface area contributed by atoms with Gasteiger partial charge < -0.3 is 20.3 Å². The third-order valence-corrected chi connectivity index (χ3v) is 4.63. The molecule has 6 nitrogen and oxygen atoms in total. The van der Waals surface area contributed by atoms with E-state index in [1.165, 1.54) is 17.4 Å². The lowest BCUT2D eigenvalue weighted by Gasteiger charge is -2.24. The van der Waals surface area contributed by atoms with E-state index < -0.39 is 0 Å². The summed E-state index contributed by atoms with van der Waals surface area (Å²) in [6, 6.07) is 4.83. The van der Waals surface area contributed by atoms with Crippen LogP contribution < -0.4 is 10.6 Å². The number of halogens is 1. The summed E-state index contributed by atoms with van der Waals surface area (Å²) in [5.41, 5.74) is 2.02. The van der Waals surface area contributed by atoms with Gasteiger partial charge in [-0.2, -0.15) is 0 Å². The van der Waals surface area contributed by atoms with Crippen LogP contribution >= 0.6 is 0 Å². The number of guanidine groups is 1. The van der Waals surface area contributed by atoms with Crippen LogP contribution in [0.1, 0.15) is 30.4 Å². The average molecular weight is 378 g/mol. The van der Waals surface area contributed by atoms with E-state index in [-0.39, 0.29) is 24.4 Å². The first-order chi connectivity index (χ1) is 13.0. The number of benzene rings is 1. The average Bonchev–Trinajstić information content (AvgIpc) is 2.65. The van der Waals surface area contributed by atoms with Gasteiger partial charge in [-0.05, 0) is 55.9 Å². The summed E-state index contributed by atoms with van der Waals surface area (Å²) in [5.74, 6) is 0.321. The van der Waals surface area contributed by atoms with Crippen molar-refractivity contribution in [3.63, 3.8) is 0 Å². The number of nitrogens with one attached hydrogen (secondary N) is 2. The molecule has 1 aromatic carbocycles. The van der Waals surface area contributed by atoms with Gasteiger partial charge in [0.2, 0.25) is 5.91 Å². The predicted octanol–water partition coefficient (Wildman–Crippen LogP) is 1.87. The van der Waals surface area contributed by atoms with Crippen LogP contribution in [-0.2, 0) is 16.0 Å². The standard InChI is InChI=1S/C20H31FN4O2/c1-15-12-17(21)8-7-16(15)9-10-22-20(24-14-19(26)25(2)3)23-13-18-6-4-5-11-27-18/h7-8,12,18H,4-6,9-11,13-14H2,1-3H3,(H2,22,23,24). The summed E-state index contributed by atoms with van der Waals surface area (Å²) < 4.78 is 19.0. The Morgan fingerprint density at radius 2 is 2.15 bits per heavy atom. The largest absolute Gasteiger partial charge is 0.376 e. The maximum atomic E-state index is 13.2. The van der Waals surface area contributed by atoms with Crippen LogP contribution in [0.2, 0.25) is 0 Å². The van der Waals surface area contributed by atoms with Crippen LogP contribution in [0.25, 0.3) is 0 Å². The Bertz CT molecular complexity index is 643. The molecular weight excluding hydrogens is 347 g/mol. The summed E-state index contributed by atoms with van der Waals surface area (Å²) in [4.78, 5) is 17.7. The van der Waals surface area contributed by atoms with E-state index in [1.54, 1.807) is 20.2 Å². The molecule has 0 spiro atoms. The van der Waals surface area contributed by atoms with Gasteiger partial charge in [0, 0.05) is 33.8 Å². The second-order valence-corrected chi connectivity index (χ2v) is 7.07. The normalized spacial score (nSPS) is 17.5. The molecule has 27 heavy (non-hydrogen) atoms. The summed E-state index contributed by atoms with van der Waals surface area (Å²) in [7, 11) is 3.43. The minimum Gasteiger partial charge on any atom is -0.376 e. The van der Waals surface area contributed by atoms with E-state index in [1.807, 2.05) is 13.0 Å². The van der Waals surface area contributed by atoms with Crippen molar-refractivity contribution in [2.24, 2.45) is 4.99 Å². The number of likely N-dealkylation sites (N-methyl/N-ethyl adjacent to an activating group) is 1. The Hall–Kier alpha value is -2.15. The monoisotopic (exact) mass is 378 g/mol. The molecule has 1 saturated heterocycles. The van der Waals surface area contributed by atoms with E-state index >= 15 is 0 Å². The number of carbonyl (C=O) groups is 1. The maximum Gasteiger partial charge on any atom is 0.243 e. The highest BCUT2D eigenvalue weighted by atomic mass is 19.1. The Morgan fingerprint density at radius 1 is 1.33 bits per heavy atom. The fraction of sp³-hybridized carbons (Fsp3) is 0.600. The van der Waals surface area contributed by atoms with Crippen LogP contribution in [-0.4, -0.2) is 63.2 Å². The van der Waals surface area contributed by atoms with Crippen molar-refractivity contribution in [3.8, 4) is 0 Å². The van der Waals surface area contributed by atoms with Crippen LogP contribution in [0.3, 0.4) is 0 Å². The first-order valence-corrected chi connectivity index (χ1v) is 9.54. The number of hydrogen-bond donors (Lipinski definition) is 2. The summed E-state index contributed by atoms with van der Waals surface area (Å²) >= 11 is 0. The van der Waals surface area contributed by atoms with Crippen molar-refractivity contribution in [2.45, 2.75) is 38.7 Å². The second kappa shape index (κ2) is 10.9. The summed E-state index contributed by atoms with van der Waals surface area (Å²) in [6.07, 6.45) is 4.24. The van der Waals surface area contributed by atoms with Crippen molar-refractivity contribution in [1.29, 1.82) is 0 Å². The Kier molecular flexibility index (Phi) is 8.51. The molecule has 0 aliphatic carbocycles. The highest BCUT2D eigenvalue weighted by Crippen LogP contribution is 2.12. The fourth-order valence-corrected chi connectivity index (χ4v) is 2.90. The van der Waals surface area contributed by atoms with Gasteiger partial charge in [0.25, 0.3) is 0 Å². The van der Waals surface area contributed by atoms with E-state index in [9.17, 15) is 9.18 Å². The molecule has 1 amide bonds. The smallest absolute Gasteiger partial charge is 0.243 e. The van der Waals surface area contributed by atoms with Crippen LogP contribution in [0, 0.1) is 12.7 Å². The van der Waals surface area contributed by atoms with Gasteiger partial charge >= 0.3 is 0 Å². The first-order valence-electron chi connectivity index (χ1n) is 9.54. The van der Waals surface area contributed by atoms with Crippen molar-refractivity contribution < 1.29 is 13.9 Å². The lowest BCUT2D eigenvalue weighted by atomic mass is 10.1. The van der Waals surface area contributed by atoms with Gasteiger partial charge in [-0.1, -0.05) is 6.07 Å². The molecule has 0 aromatic heterocycles. The molecule has 0 radical (unpaired) electrons. The van der Waals surface area contributed by atoms with E-state index in [4.69, 9.17) is 4.74 Å². The minimum atomic E-state index is -0.220. The number of ether oxygens (including phenoxy) is 1. The molecule has 7 heteroatoms. The van der Waals surface area contributed by atoms with E-state index in [0.717, 1.165) is 37.0 Å². The highest BCUT2D eigenvalue weighted by Gasteiger charge is 2.14. The Labute approximate surface area is 161 Å². The fourth-order valence-electron chi connectivity index (χ4n) is 2.90. The number of hydrogen-bond acceptors (Lipinski definition) is 3. The number of amides is 1. The van der Waals surface area contributed by atoms with E-state index in [0.29, 0.717) is 19.0 Å². The first kappa shape index (κ1) is 21.2. The van der Waals surface area contributed by atoms with Gasteiger partial charge in [-0.3, -0.25) is 4.79 Å². The SMILES string of the molecule is Cc1cc(F)ccc1CCNC(=NCC(=O)N(C)C)NCC1CCCCO1. The van der Waals surface area contributed by atoms with Gasteiger partial charge in [0.15, 0.2) is 5.96 Å². The topological polar surface area (TPSA) is 66.0 Å². The van der Waals surface area contributed by atoms with Crippen molar-refractivity contribution in [1.82, 2.24) is 15.5 Å².